The van der Waals surface area contributed by atoms with Crippen LogP contribution < -0.4 is 10.9 Å². The minimum atomic E-state index is -0.259. The zero-order valence-corrected chi connectivity index (χ0v) is 16.4. The predicted octanol–water partition coefficient (Wildman–Crippen LogP) is 4.38. The van der Waals surface area contributed by atoms with Gasteiger partial charge >= 0.3 is 0 Å². The number of carbonyl (C=O) groups excluding carboxylic acids is 1. The van der Waals surface area contributed by atoms with Crippen molar-refractivity contribution in [3.8, 4) is 10.4 Å². The number of rotatable bonds is 4. The minimum absolute atomic E-state index is 0.0782. The Balaban J connectivity index is 1.58. The van der Waals surface area contributed by atoms with Crippen molar-refractivity contribution in [2.45, 2.75) is 20.4 Å². The third-order valence-electron chi connectivity index (χ3n) is 4.68. The highest BCUT2D eigenvalue weighted by atomic mass is 32.1. The topological polar surface area (TPSA) is 64.0 Å². The molecule has 0 spiro atoms. The quantitative estimate of drug-likeness (QED) is 0.563. The van der Waals surface area contributed by atoms with Crippen molar-refractivity contribution >= 4 is 33.1 Å². The molecule has 4 aromatic rings. The number of amides is 1. The summed E-state index contributed by atoms with van der Waals surface area (Å²) in [5, 5.41) is 3.37. The van der Waals surface area contributed by atoms with Crippen molar-refractivity contribution in [3.05, 3.63) is 82.4 Å². The van der Waals surface area contributed by atoms with Crippen LogP contribution >= 0.6 is 11.3 Å². The average molecular weight is 389 g/mol. The summed E-state index contributed by atoms with van der Waals surface area (Å²) >= 11 is 1.47. The van der Waals surface area contributed by atoms with Gasteiger partial charge in [-0.05, 0) is 48.7 Å². The van der Waals surface area contributed by atoms with Crippen LogP contribution in [0.3, 0.4) is 0 Å². The third kappa shape index (κ3) is 3.59. The first-order chi connectivity index (χ1) is 13.5. The highest BCUT2D eigenvalue weighted by Gasteiger charge is 2.12. The van der Waals surface area contributed by atoms with Gasteiger partial charge in [0.2, 0.25) is 5.91 Å². The number of nitrogens with zero attached hydrogens (tertiary/aromatic N) is 2. The van der Waals surface area contributed by atoms with Crippen LogP contribution in [0.25, 0.3) is 20.7 Å². The van der Waals surface area contributed by atoms with E-state index >= 15 is 0 Å². The second kappa shape index (κ2) is 7.40. The summed E-state index contributed by atoms with van der Waals surface area (Å²) < 4.78 is 1.35. The largest absolute Gasteiger partial charge is 0.325 e. The first-order valence-electron chi connectivity index (χ1n) is 8.93. The maximum Gasteiger partial charge on any atom is 0.262 e. The highest BCUT2D eigenvalue weighted by molar-refractivity contribution is 7.21. The van der Waals surface area contributed by atoms with Gasteiger partial charge in [-0.25, -0.2) is 4.98 Å². The van der Waals surface area contributed by atoms with Gasteiger partial charge in [0.05, 0.1) is 11.7 Å². The zero-order valence-electron chi connectivity index (χ0n) is 15.6. The highest BCUT2D eigenvalue weighted by Crippen LogP contribution is 2.30. The normalized spacial score (nSPS) is 10.9. The SMILES string of the molecule is Cc1ccc(NC(=O)Cn2cnc3sc(-c4ccccc4)cc3c2=O)cc1C. The van der Waals surface area contributed by atoms with Gasteiger partial charge < -0.3 is 5.32 Å². The van der Waals surface area contributed by atoms with Gasteiger partial charge in [0.15, 0.2) is 0 Å². The van der Waals surface area contributed by atoms with Crippen LogP contribution in [0.1, 0.15) is 11.1 Å². The molecule has 28 heavy (non-hydrogen) atoms. The molecule has 0 aliphatic heterocycles. The summed E-state index contributed by atoms with van der Waals surface area (Å²) in [6, 6.07) is 17.5. The Morgan fingerprint density at radius 1 is 1.07 bits per heavy atom. The standard InChI is InChI=1S/C22H19N3O2S/c1-14-8-9-17(10-15(14)2)24-20(26)12-25-13-23-21-18(22(25)27)11-19(28-21)16-6-4-3-5-7-16/h3-11,13H,12H2,1-2H3,(H,24,26). The van der Waals surface area contributed by atoms with E-state index in [1.807, 2.05) is 68.4 Å². The number of hydrogen-bond donors (Lipinski definition) is 1. The lowest BCUT2D eigenvalue weighted by Gasteiger charge is -2.09. The minimum Gasteiger partial charge on any atom is -0.325 e. The second-order valence-electron chi connectivity index (χ2n) is 6.72. The third-order valence-corrected chi connectivity index (χ3v) is 5.77. The molecule has 1 amide bonds. The van der Waals surface area contributed by atoms with Crippen molar-refractivity contribution in [1.29, 1.82) is 0 Å². The first-order valence-corrected chi connectivity index (χ1v) is 9.74. The lowest BCUT2D eigenvalue weighted by molar-refractivity contribution is -0.116. The molecule has 0 unspecified atom stereocenters. The Labute approximate surface area is 166 Å². The molecule has 0 aliphatic carbocycles. The zero-order chi connectivity index (χ0) is 19.7. The van der Waals surface area contributed by atoms with Crippen molar-refractivity contribution < 1.29 is 4.79 Å². The fourth-order valence-electron chi connectivity index (χ4n) is 2.99. The van der Waals surface area contributed by atoms with E-state index < -0.39 is 0 Å². The second-order valence-corrected chi connectivity index (χ2v) is 7.75. The van der Waals surface area contributed by atoms with Crippen LogP contribution in [-0.4, -0.2) is 15.5 Å². The molecule has 0 saturated carbocycles. The predicted molar refractivity (Wildman–Crippen MR) is 114 cm³/mol. The van der Waals surface area contributed by atoms with Crippen LogP contribution in [-0.2, 0) is 11.3 Å². The van der Waals surface area contributed by atoms with Crippen LogP contribution in [0.4, 0.5) is 5.69 Å². The van der Waals surface area contributed by atoms with Crippen LogP contribution in [0.15, 0.2) is 65.7 Å². The fraction of sp³-hybridized carbons (Fsp3) is 0.136. The Hall–Kier alpha value is -3.25. The van der Waals surface area contributed by atoms with Crippen LogP contribution in [0.2, 0.25) is 0 Å². The molecule has 0 fully saturated rings. The smallest absolute Gasteiger partial charge is 0.262 e. The molecule has 140 valence electrons. The van der Waals surface area contributed by atoms with E-state index in [1.165, 1.54) is 22.2 Å². The molecule has 2 aromatic heterocycles. The number of aryl methyl sites for hydroxylation is 2. The summed E-state index contributed by atoms with van der Waals surface area (Å²) in [5.41, 5.74) is 3.82. The molecule has 0 radical (unpaired) electrons. The Morgan fingerprint density at radius 2 is 1.86 bits per heavy atom. The Morgan fingerprint density at radius 3 is 2.61 bits per heavy atom. The van der Waals surface area contributed by atoms with E-state index in [0.717, 1.165) is 27.3 Å². The molecule has 0 saturated heterocycles. The van der Waals surface area contributed by atoms with E-state index in [9.17, 15) is 9.59 Å². The lowest BCUT2D eigenvalue weighted by atomic mass is 10.1. The molecule has 1 N–H and O–H groups in total. The van der Waals surface area contributed by atoms with Gasteiger partial charge in [-0.15, -0.1) is 11.3 Å². The van der Waals surface area contributed by atoms with Gasteiger partial charge in [0.25, 0.3) is 5.56 Å². The summed E-state index contributed by atoms with van der Waals surface area (Å²) in [6.45, 7) is 3.94. The van der Waals surface area contributed by atoms with E-state index in [4.69, 9.17) is 0 Å². The summed E-state index contributed by atoms with van der Waals surface area (Å²) in [4.78, 5) is 31.2. The Bertz CT molecular complexity index is 1230. The first kappa shape index (κ1) is 18.1. The monoisotopic (exact) mass is 389 g/mol. The molecule has 2 heterocycles. The van der Waals surface area contributed by atoms with Crippen molar-refractivity contribution in [1.82, 2.24) is 9.55 Å². The number of benzene rings is 2. The van der Waals surface area contributed by atoms with E-state index in [0.29, 0.717) is 10.2 Å². The molecule has 0 atom stereocenters. The van der Waals surface area contributed by atoms with Gasteiger partial charge in [0.1, 0.15) is 11.4 Å². The van der Waals surface area contributed by atoms with E-state index in [1.54, 1.807) is 0 Å². The van der Waals surface area contributed by atoms with E-state index in [-0.39, 0.29) is 18.0 Å². The molecule has 0 bridgehead atoms. The summed E-state index contributed by atoms with van der Waals surface area (Å²) in [6.07, 6.45) is 1.44. The maximum absolute atomic E-state index is 12.8. The van der Waals surface area contributed by atoms with Crippen molar-refractivity contribution in [2.75, 3.05) is 5.32 Å². The average Bonchev–Trinajstić information content (AvgIpc) is 3.13. The number of nitrogens with one attached hydrogen (secondary N) is 1. The molecule has 5 nitrogen and oxygen atoms in total. The number of hydrogen-bond acceptors (Lipinski definition) is 4. The molecule has 2 aromatic carbocycles. The molecular formula is C22H19N3O2S. The van der Waals surface area contributed by atoms with Gasteiger partial charge in [0, 0.05) is 10.6 Å². The number of thiophene rings is 1. The lowest BCUT2D eigenvalue weighted by Crippen LogP contribution is -2.27. The summed E-state index contributed by atoms with van der Waals surface area (Å²) in [7, 11) is 0. The van der Waals surface area contributed by atoms with Crippen molar-refractivity contribution in [2.24, 2.45) is 0 Å². The van der Waals surface area contributed by atoms with Crippen LogP contribution in [0, 0.1) is 13.8 Å². The number of aromatic nitrogens is 2. The van der Waals surface area contributed by atoms with Gasteiger partial charge in [-0.2, -0.15) is 0 Å². The van der Waals surface area contributed by atoms with Gasteiger partial charge in [-0.3, -0.25) is 14.2 Å². The number of anilines is 1. The summed E-state index contributed by atoms with van der Waals surface area (Å²) in [5.74, 6) is -0.259. The molecule has 6 heteroatoms. The van der Waals surface area contributed by atoms with E-state index in [2.05, 4.69) is 10.3 Å². The van der Waals surface area contributed by atoms with Crippen molar-refractivity contribution in [3.63, 3.8) is 0 Å². The molecular weight excluding hydrogens is 370 g/mol. The van der Waals surface area contributed by atoms with Crippen LogP contribution in [0.5, 0.6) is 0 Å². The maximum atomic E-state index is 12.8. The Kier molecular flexibility index (Phi) is 4.79. The number of fused-ring (bicyclic) bond motifs is 1. The fourth-order valence-corrected chi connectivity index (χ4v) is 3.99. The molecule has 0 aliphatic rings. The molecule has 4 rings (SSSR count). The van der Waals surface area contributed by atoms with Gasteiger partial charge in [-0.1, -0.05) is 36.4 Å². The number of carbonyl (C=O) groups is 1.